The third kappa shape index (κ3) is 4.18. The van der Waals surface area contributed by atoms with E-state index in [4.69, 9.17) is 11.6 Å². The van der Waals surface area contributed by atoms with E-state index in [0.717, 1.165) is 29.3 Å². The van der Waals surface area contributed by atoms with Gasteiger partial charge in [0.25, 0.3) is 0 Å². The van der Waals surface area contributed by atoms with E-state index in [1.807, 2.05) is 30.0 Å². The van der Waals surface area contributed by atoms with Gasteiger partial charge in [0, 0.05) is 23.2 Å². The summed E-state index contributed by atoms with van der Waals surface area (Å²) in [7, 11) is 0. The van der Waals surface area contributed by atoms with Crippen LogP contribution in [0.5, 0.6) is 0 Å². The summed E-state index contributed by atoms with van der Waals surface area (Å²) in [5.41, 5.74) is 0. The summed E-state index contributed by atoms with van der Waals surface area (Å²) < 4.78 is 0. The van der Waals surface area contributed by atoms with Gasteiger partial charge in [0.15, 0.2) is 0 Å². The molecule has 1 aliphatic carbocycles. The molecule has 1 aliphatic rings. The molecule has 0 saturated heterocycles. The smallest absolute Gasteiger partial charge is 0.0541 e. The maximum absolute atomic E-state index is 6.13. The van der Waals surface area contributed by atoms with Crippen LogP contribution in [0.15, 0.2) is 29.2 Å². The number of rotatable bonds is 5. The summed E-state index contributed by atoms with van der Waals surface area (Å²) in [6, 6.07) is 8.81. The molecule has 1 fully saturated rings. The third-order valence-electron chi connectivity index (χ3n) is 3.71. The first-order valence-electron chi connectivity index (χ1n) is 6.88. The van der Waals surface area contributed by atoms with Crippen molar-refractivity contribution in [3.63, 3.8) is 0 Å². The average Bonchev–Trinajstić information content (AvgIpc) is 2.38. The molecule has 1 nitrogen and oxygen atoms in total. The SMILES string of the molecule is CC1CCCCC1NCCSc1ccccc1Cl. The van der Waals surface area contributed by atoms with Gasteiger partial charge in [-0.2, -0.15) is 0 Å². The van der Waals surface area contributed by atoms with E-state index in [0.29, 0.717) is 0 Å². The monoisotopic (exact) mass is 283 g/mol. The lowest BCUT2D eigenvalue weighted by Crippen LogP contribution is -2.38. The first-order chi connectivity index (χ1) is 8.77. The quantitative estimate of drug-likeness (QED) is 0.626. The lowest BCUT2D eigenvalue weighted by Gasteiger charge is -2.29. The second-order valence-electron chi connectivity index (χ2n) is 5.10. The minimum atomic E-state index is 0.727. The van der Waals surface area contributed by atoms with Gasteiger partial charge in [-0.15, -0.1) is 11.8 Å². The molecule has 2 atom stereocenters. The van der Waals surface area contributed by atoms with Gasteiger partial charge < -0.3 is 5.32 Å². The summed E-state index contributed by atoms with van der Waals surface area (Å²) in [5, 5.41) is 4.57. The van der Waals surface area contributed by atoms with Crippen molar-refractivity contribution < 1.29 is 0 Å². The van der Waals surface area contributed by atoms with Crippen molar-refractivity contribution >= 4 is 23.4 Å². The number of thioether (sulfide) groups is 1. The Balaban J connectivity index is 1.68. The molecule has 0 spiro atoms. The van der Waals surface area contributed by atoms with Gasteiger partial charge in [0.2, 0.25) is 0 Å². The van der Waals surface area contributed by atoms with Crippen LogP contribution in [0.2, 0.25) is 5.02 Å². The Morgan fingerprint density at radius 1 is 1.28 bits per heavy atom. The minimum absolute atomic E-state index is 0.727. The van der Waals surface area contributed by atoms with Crippen LogP contribution < -0.4 is 5.32 Å². The molecule has 0 aromatic heterocycles. The number of hydrogen-bond acceptors (Lipinski definition) is 2. The van der Waals surface area contributed by atoms with Gasteiger partial charge in [-0.3, -0.25) is 0 Å². The van der Waals surface area contributed by atoms with Crippen molar-refractivity contribution in [1.82, 2.24) is 5.32 Å². The zero-order chi connectivity index (χ0) is 12.8. The van der Waals surface area contributed by atoms with E-state index in [-0.39, 0.29) is 0 Å². The van der Waals surface area contributed by atoms with Gasteiger partial charge in [0.1, 0.15) is 0 Å². The van der Waals surface area contributed by atoms with Gasteiger partial charge in [-0.05, 0) is 30.9 Å². The zero-order valence-corrected chi connectivity index (χ0v) is 12.6. The van der Waals surface area contributed by atoms with Gasteiger partial charge in [-0.1, -0.05) is 43.5 Å². The normalized spacial score (nSPS) is 24.1. The molecule has 100 valence electrons. The van der Waals surface area contributed by atoms with Crippen molar-refractivity contribution in [1.29, 1.82) is 0 Å². The molecule has 1 N–H and O–H groups in total. The molecular weight excluding hydrogens is 262 g/mol. The highest BCUT2D eigenvalue weighted by Crippen LogP contribution is 2.27. The second kappa shape index (κ2) is 7.42. The molecular formula is C15H22ClNS. The molecule has 3 heteroatoms. The largest absolute Gasteiger partial charge is 0.313 e. The zero-order valence-electron chi connectivity index (χ0n) is 11.0. The first kappa shape index (κ1) is 14.2. The Morgan fingerprint density at radius 2 is 2.06 bits per heavy atom. The fourth-order valence-electron chi connectivity index (χ4n) is 2.59. The van der Waals surface area contributed by atoms with E-state index < -0.39 is 0 Å². The van der Waals surface area contributed by atoms with Crippen LogP contribution in [0.4, 0.5) is 0 Å². The van der Waals surface area contributed by atoms with E-state index in [9.17, 15) is 0 Å². The highest BCUT2D eigenvalue weighted by atomic mass is 35.5. The van der Waals surface area contributed by atoms with Crippen LogP contribution in [0, 0.1) is 5.92 Å². The number of halogens is 1. The van der Waals surface area contributed by atoms with Crippen LogP contribution >= 0.6 is 23.4 Å². The van der Waals surface area contributed by atoms with Crippen molar-refractivity contribution in [3.05, 3.63) is 29.3 Å². The maximum atomic E-state index is 6.13. The number of benzene rings is 1. The fraction of sp³-hybridized carbons (Fsp3) is 0.600. The lowest BCUT2D eigenvalue weighted by molar-refractivity contribution is 0.285. The van der Waals surface area contributed by atoms with Gasteiger partial charge in [0.05, 0.1) is 5.02 Å². The predicted octanol–water partition coefficient (Wildman–Crippen LogP) is 4.60. The molecule has 1 aromatic carbocycles. The van der Waals surface area contributed by atoms with E-state index in [1.165, 1.54) is 30.6 Å². The van der Waals surface area contributed by atoms with E-state index in [1.54, 1.807) is 0 Å². The van der Waals surface area contributed by atoms with Gasteiger partial charge >= 0.3 is 0 Å². The highest BCUT2D eigenvalue weighted by Gasteiger charge is 2.19. The fourth-order valence-corrected chi connectivity index (χ4v) is 3.71. The number of nitrogens with one attached hydrogen (secondary N) is 1. The Bertz CT molecular complexity index is 369. The summed E-state index contributed by atoms with van der Waals surface area (Å²) in [6.45, 7) is 3.45. The van der Waals surface area contributed by atoms with Crippen LogP contribution in [0.1, 0.15) is 32.6 Å². The molecule has 1 saturated carbocycles. The second-order valence-corrected chi connectivity index (χ2v) is 6.65. The third-order valence-corrected chi connectivity index (χ3v) is 5.23. The van der Waals surface area contributed by atoms with Crippen molar-refractivity contribution in [2.45, 2.75) is 43.5 Å². The molecule has 18 heavy (non-hydrogen) atoms. The van der Waals surface area contributed by atoms with Crippen LogP contribution in [0.3, 0.4) is 0 Å². The first-order valence-corrected chi connectivity index (χ1v) is 8.24. The van der Waals surface area contributed by atoms with Crippen LogP contribution in [-0.2, 0) is 0 Å². The highest BCUT2D eigenvalue weighted by molar-refractivity contribution is 7.99. The molecule has 0 bridgehead atoms. The summed E-state index contributed by atoms with van der Waals surface area (Å²) in [4.78, 5) is 1.19. The molecule has 0 heterocycles. The molecule has 2 unspecified atom stereocenters. The Hall–Kier alpha value is -0.180. The maximum Gasteiger partial charge on any atom is 0.0541 e. The molecule has 1 aromatic rings. The van der Waals surface area contributed by atoms with E-state index >= 15 is 0 Å². The lowest BCUT2D eigenvalue weighted by atomic mass is 9.86. The van der Waals surface area contributed by atoms with Crippen molar-refractivity contribution in [2.75, 3.05) is 12.3 Å². The summed E-state index contributed by atoms with van der Waals surface area (Å²) >= 11 is 7.98. The summed E-state index contributed by atoms with van der Waals surface area (Å²) in [6.07, 6.45) is 5.53. The predicted molar refractivity (Wildman–Crippen MR) is 81.6 cm³/mol. The Kier molecular flexibility index (Phi) is 5.87. The molecule has 0 radical (unpaired) electrons. The van der Waals surface area contributed by atoms with Gasteiger partial charge in [-0.25, -0.2) is 0 Å². The topological polar surface area (TPSA) is 12.0 Å². The summed E-state index contributed by atoms with van der Waals surface area (Å²) in [5.74, 6) is 1.93. The Morgan fingerprint density at radius 3 is 2.83 bits per heavy atom. The van der Waals surface area contributed by atoms with Crippen molar-refractivity contribution in [3.8, 4) is 0 Å². The van der Waals surface area contributed by atoms with Crippen LogP contribution in [-0.4, -0.2) is 18.3 Å². The van der Waals surface area contributed by atoms with E-state index in [2.05, 4.69) is 18.3 Å². The molecule has 0 amide bonds. The average molecular weight is 284 g/mol. The molecule has 0 aliphatic heterocycles. The minimum Gasteiger partial charge on any atom is -0.313 e. The molecule has 2 rings (SSSR count). The Labute approximate surface area is 120 Å². The van der Waals surface area contributed by atoms with Crippen LogP contribution in [0.25, 0.3) is 0 Å². The van der Waals surface area contributed by atoms with Crippen molar-refractivity contribution in [2.24, 2.45) is 5.92 Å². The number of hydrogen-bond donors (Lipinski definition) is 1. The standard InChI is InChI=1S/C15H22ClNS/c1-12-6-2-4-8-14(12)17-10-11-18-15-9-5-3-7-13(15)16/h3,5,7,9,12,14,17H,2,4,6,8,10-11H2,1H3.